The molecular formula is C44H40Cl2N4O8. The van der Waals surface area contributed by atoms with E-state index in [2.05, 4.69) is 15.6 Å². The van der Waals surface area contributed by atoms with E-state index < -0.39 is 36.1 Å². The van der Waals surface area contributed by atoms with Gasteiger partial charge < -0.3 is 39.6 Å². The Kier molecular flexibility index (Phi) is 12.3. The fourth-order valence-electron chi connectivity index (χ4n) is 6.61. The smallest absolute Gasteiger partial charge is 0.326 e. The summed E-state index contributed by atoms with van der Waals surface area (Å²) in [5, 5.41) is 16.6. The van der Waals surface area contributed by atoms with Gasteiger partial charge in [-0.05, 0) is 108 Å². The van der Waals surface area contributed by atoms with E-state index >= 15 is 0 Å². The number of ether oxygens (including phenoxy) is 4. The summed E-state index contributed by atoms with van der Waals surface area (Å²) < 4.78 is 24.3. The van der Waals surface area contributed by atoms with Gasteiger partial charge in [0.15, 0.2) is 17.6 Å². The Morgan fingerprint density at radius 3 is 2.40 bits per heavy atom. The lowest BCUT2D eigenvalue weighted by atomic mass is 9.92. The normalized spacial score (nSPS) is 16.4. The molecule has 5 aromatic rings. The summed E-state index contributed by atoms with van der Waals surface area (Å²) >= 11 is 12.2. The number of anilines is 1. The molecule has 3 N–H and O–H groups in total. The van der Waals surface area contributed by atoms with Crippen LogP contribution in [0.25, 0.3) is 0 Å². The molecule has 3 atom stereocenters. The molecule has 0 radical (unpaired) electrons. The van der Waals surface area contributed by atoms with E-state index in [1.54, 1.807) is 54.7 Å². The number of aliphatic carboxylic acids is 1. The monoisotopic (exact) mass is 822 g/mol. The second-order valence-electron chi connectivity index (χ2n) is 13.9. The second-order valence-corrected chi connectivity index (χ2v) is 14.7. The van der Waals surface area contributed by atoms with Crippen molar-refractivity contribution in [3.05, 3.63) is 153 Å². The van der Waals surface area contributed by atoms with Crippen LogP contribution in [0.5, 0.6) is 23.0 Å². The number of allylic oxidation sites excluding steroid dienone is 2. The van der Waals surface area contributed by atoms with E-state index in [1.165, 1.54) is 11.1 Å². The third-order valence-corrected chi connectivity index (χ3v) is 10.6. The lowest BCUT2D eigenvalue weighted by Crippen LogP contribution is -2.56. The number of carbonyl (C=O) groups is 3. The molecule has 0 aliphatic carbocycles. The highest BCUT2D eigenvalue weighted by Crippen LogP contribution is 2.41. The average molecular weight is 824 g/mol. The minimum absolute atomic E-state index is 0.0173. The zero-order chi connectivity index (χ0) is 40.8. The van der Waals surface area contributed by atoms with Crippen molar-refractivity contribution in [3.8, 4) is 23.0 Å². The predicted molar refractivity (Wildman–Crippen MR) is 219 cm³/mol. The number of carboxylic acids is 1. The molecule has 0 unspecified atom stereocenters. The number of halogens is 2. The second kappa shape index (κ2) is 17.9. The minimum Gasteiger partial charge on any atom is -0.489 e. The fraction of sp³-hybridized carbons (Fsp3) is 0.227. The van der Waals surface area contributed by atoms with Gasteiger partial charge in [-0.15, -0.1) is 0 Å². The number of hydrogen-bond donors (Lipinski definition) is 3. The lowest BCUT2D eigenvalue weighted by Gasteiger charge is -2.37. The summed E-state index contributed by atoms with van der Waals surface area (Å²) in [5.74, 6) is 1.18. The number of carboxylic acid groups (broad SMARTS) is 1. The Labute approximate surface area is 345 Å². The van der Waals surface area contributed by atoms with Crippen LogP contribution in [0.3, 0.4) is 0 Å². The van der Waals surface area contributed by atoms with Gasteiger partial charge in [-0.25, -0.2) is 9.59 Å². The molecular weight excluding hydrogens is 783 g/mol. The molecule has 0 fully saturated rings. The summed E-state index contributed by atoms with van der Waals surface area (Å²) in [5.41, 5.74) is 4.41. The maximum Gasteiger partial charge on any atom is 0.326 e. The first kappa shape index (κ1) is 40.0. The molecule has 7 rings (SSSR count). The lowest BCUT2D eigenvalue weighted by molar-refractivity contribution is -0.142. The van der Waals surface area contributed by atoms with Crippen LogP contribution in [0, 0.1) is 0 Å². The Bertz CT molecular complexity index is 2320. The fourth-order valence-corrected chi connectivity index (χ4v) is 6.93. The molecule has 58 heavy (non-hydrogen) atoms. The Balaban J connectivity index is 1.06. The molecule has 0 saturated carbocycles. The molecule has 0 bridgehead atoms. The van der Waals surface area contributed by atoms with Crippen LogP contribution in [-0.2, 0) is 35.6 Å². The summed E-state index contributed by atoms with van der Waals surface area (Å²) in [4.78, 5) is 45.8. The van der Waals surface area contributed by atoms with Crippen LogP contribution < -0.4 is 29.6 Å². The Morgan fingerprint density at radius 1 is 0.948 bits per heavy atom. The largest absolute Gasteiger partial charge is 0.489 e. The highest BCUT2D eigenvalue weighted by molar-refractivity contribution is 6.42. The molecule has 4 aromatic carbocycles. The van der Waals surface area contributed by atoms with Crippen LogP contribution in [-0.4, -0.2) is 51.6 Å². The van der Waals surface area contributed by atoms with Crippen LogP contribution in [0.4, 0.5) is 10.5 Å². The van der Waals surface area contributed by atoms with Crippen molar-refractivity contribution in [1.29, 1.82) is 0 Å². The van der Waals surface area contributed by atoms with Gasteiger partial charge in [0.1, 0.15) is 36.8 Å². The van der Waals surface area contributed by atoms with Gasteiger partial charge in [-0.1, -0.05) is 53.5 Å². The third kappa shape index (κ3) is 9.64. The molecule has 2 aliphatic rings. The van der Waals surface area contributed by atoms with Crippen LogP contribution >= 0.6 is 23.2 Å². The zero-order valence-electron chi connectivity index (χ0n) is 31.6. The van der Waals surface area contributed by atoms with Crippen LogP contribution in [0.15, 0.2) is 115 Å². The molecule has 3 amide bonds. The number of fused-ring (bicyclic) bond motifs is 2. The number of aromatic nitrogens is 1. The predicted octanol–water partition coefficient (Wildman–Crippen LogP) is 8.55. The highest BCUT2D eigenvalue weighted by Gasteiger charge is 2.38. The summed E-state index contributed by atoms with van der Waals surface area (Å²) in [6, 6.07) is 24.1. The molecule has 12 nitrogen and oxygen atoms in total. The Hall–Kier alpha value is -6.24. The van der Waals surface area contributed by atoms with Crippen molar-refractivity contribution in [2.24, 2.45) is 0 Å². The minimum atomic E-state index is -1.26. The van der Waals surface area contributed by atoms with Gasteiger partial charge in [0.25, 0.3) is 0 Å². The standard InChI is InChI=1S/C44H40Cl2N4O8/c1-3-26(2)57-34-11-6-27(7-12-34)18-37(43(52)53)49-42(51)38-19-30-20-39-40(21-31(30)23-50(38)44(54)48-32-5-4-16-47-22-32)58-41(25-56-39)29-9-13-33(14-10-29)55-24-28-8-15-35(45)36(46)17-28/h3-17,20-22,37-38,41H,18-19,23-25H2,1-2H3,(H,48,54)(H,49,51)(H,52,53)/b26-3+/t37-,38-,41+/m0/s1. The topological polar surface area (TPSA) is 149 Å². The highest BCUT2D eigenvalue weighted by atomic mass is 35.5. The van der Waals surface area contributed by atoms with E-state index in [1.807, 2.05) is 62.4 Å². The molecule has 2 aliphatic heterocycles. The van der Waals surface area contributed by atoms with Crippen LogP contribution in [0.1, 0.15) is 47.8 Å². The molecule has 0 saturated heterocycles. The van der Waals surface area contributed by atoms with E-state index in [-0.39, 0.29) is 26.0 Å². The van der Waals surface area contributed by atoms with Crippen molar-refractivity contribution < 1.29 is 38.4 Å². The number of amides is 3. The van der Waals surface area contributed by atoms with Gasteiger partial charge in [0.2, 0.25) is 5.91 Å². The molecule has 1 aromatic heterocycles. The first-order valence-corrected chi connectivity index (χ1v) is 19.3. The first-order chi connectivity index (χ1) is 28.0. The number of rotatable bonds is 12. The maximum absolute atomic E-state index is 14.0. The SMILES string of the molecule is C/C=C(\C)Oc1ccc(C[C@H](NC(=O)[C@@H]2Cc3cc4c(cc3CN2C(=O)Nc2cccnc2)O[C@@H](c2ccc(OCc3ccc(Cl)c(Cl)c3)cc2)CO4)C(=O)O)cc1. The van der Waals surface area contributed by atoms with Gasteiger partial charge in [-0.3, -0.25) is 9.78 Å². The number of nitrogens with one attached hydrogen (secondary N) is 2. The number of urea groups is 1. The molecule has 0 spiro atoms. The Morgan fingerprint density at radius 2 is 1.69 bits per heavy atom. The van der Waals surface area contributed by atoms with Gasteiger partial charge >= 0.3 is 12.0 Å². The maximum atomic E-state index is 14.0. The number of pyridine rings is 1. The summed E-state index contributed by atoms with van der Waals surface area (Å²) in [6.07, 6.45) is 4.62. The van der Waals surface area contributed by atoms with Gasteiger partial charge in [0, 0.05) is 25.6 Å². The van der Waals surface area contributed by atoms with E-state index in [0.717, 1.165) is 28.0 Å². The van der Waals surface area contributed by atoms with E-state index in [9.17, 15) is 19.5 Å². The summed E-state index contributed by atoms with van der Waals surface area (Å²) in [6.45, 7) is 4.29. The number of nitrogens with zero attached hydrogens (tertiary/aromatic N) is 2. The molecule has 3 heterocycles. The third-order valence-electron chi connectivity index (χ3n) is 9.84. The van der Waals surface area contributed by atoms with Crippen molar-refractivity contribution in [3.63, 3.8) is 0 Å². The molecule has 298 valence electrons. The number of benzene rings is 4. The van der Waals surface area contributed by atoms with E-state index in [0.29, 0.717) is 50.9 Å². The number of hydrogen-bond acceptors (Lipinski definition) is 8. The van der Waals surface area contributed by atoms with Gasteiger partial charge in [-0.2, -0.15) is 0 Å². The van der Waals surface area contributed by atoms with Crippen molar-refractivity contribution >= 4 is 46.8 Å². The number of carbonyl (C=O) groups excluding carboxylic acids is 2. The average Bonchev–Trinajstić information content (AvgIpc) is 3.23. The summed E-state index contributed by atoms with van der Waals surface area (Å²) in [7, 11) is 0. The van der Waals surface area contributed by atoms with Gasteiger partial charge in [0.05, 0.1) is 27.7 Å². The van der Waals surface area contributed by atoms with Crippen molar-refractivity contribution in [1.82, 2.24) is 15.2 Å². The molecule has 14 heteroatoms. The van der Waals surface area contributed by atoms with E-state index in [4.69, 9.17) is 42.1 Å². The van der Waals surface area contributed by atoms with Crippen molar-refractivity contribution in [2.45, 2.75) is 58.0 Å². The zero-order valence-corrected chi connectivity index (χ0v) is 33.1. The van der Waals surface area contributed by atoms with Crippen LogP contribution in [0.2, 0.25) is 10.0 Å². The van der Waals surface area contributed by atoms with Crippen molar-refractivity contribution in [2.75, 3.05) is 11.9 Å². The first-order valence-electron chi connectivity index (χ1n) is 18.6. The quantitative estimate of drug-likeness (QED) is 0.105.